The average Bonchev–Trinajstić information content (AvgIpc) is 2.38. The number of carbonyl (C=O) groups excluding carboxylic acids is 1. The van der Waals surface area contributed by atoms with Crippen LogP contribution in [0.15, 0.2) is 49.8 Å². The Morgan fingerprint density at radius 2 is 1.71 bits per heavy atom. The van der Waals surface area contributed by atoms with Crippen LogP contribution in [-0.2, 0) is 11.3 Å². The molecule has 0 aromatic heterocycles. The highest BCUT2D eigenvalue weighted by molar-refractivity contribution is 9.11. The third-order valence-corrected chi connectivity index (χ3v) is 4.50. The van der Waals surface area contributed by atoms with Crippen molar-refractivity contribution >= 4 is 65.1 Å². The zero-order valence-corrected chi connectivity index (χ0v) is 16.0. The van der Waals surface area contributed by atoms with Gasteiger partial charge in [-0.15, -0.1) is 0 Å². The summed E-state index contributed by atoms with van der Waals surface area (Å²) in [5.74, 6) is -0.0755. The van der Waals surface area contributed by atoms with Crippen molar-refractivity contribution in [2.75, 3.05) is 10.6 Å². The van der Waals surface area contributed by atoms with Gasteiger partial charge in [0, 0.05) is 32.6 Å². The molecule has 0 aliphatic carbocycles. The van der Waals surface area contributed by atoms with Crippen LogP contribution in [0.2, 0.25) is 0 Å². The molecule has 2 aromatic carbocycles. The first-order chi connectivity index (χ1) is 9.97. The molecule has 0 atom stereocenters. The zero-order chi connectivity index (χ0) is 15.4. The van der Waals surface area contributed by atoms with Crippen LogP contribution in [-0.4, -0.2) is 5.91 Å². The highest BCUT2D eigenvalue weighted by atomic mass is 79.9. The zero-order valence-electron chi connectivity index (χ0n) is 11.2. The smallest absolute Gasteiger partial charge is 0.221 e. The second-order valence-electron chi connectivity index (χ2n) is 4.44. The largest absolute Gasteiger partial charge is 0.379 e. The van der Waals surface area contributed by atoms with Gasteiger partial charge in [0.2, 0.25) is 5.91 Å². The summed E-state index contributed by atoms with van der Waals surface area (Å²) in [5, 5.41) is 6.21. The SMILES string of the molecule is CC(=O)Nc1ccccc1CNc1c(Br)cc(Br)cc1Br. The molecule has 21 heavy (non-hydrogen) atoms. The molecule has 1 amide bonds. The van der Waals surface area contributed by atoms with Gasteiger partial charge in [0.05, 0.1) is 5.69 Å². The molecule has 0 fully saturated rings. The minimum Gasteiger partial charge on any atom is -0.379 e. The summed E-state index contributed by atoms with van der Waals surface area (Å²) in [7, 11) is 0. The van der Waals surface area contributed by atoms with E-state index >= 15 is 0 Å². The monoisotopic (exact) mass is 474 g/mol. The highest BCUT2D eigenvalue weighted by Crippen LogP contribution is 2.34. The van der Waals surface area contributed by atoms with Gasteiger partial charge >= 0.3 is 0 Å². The lowest BCUT2D eigenvalue weighted by Crippen LogP contribution is -2.10. The number of rotatable bonds is 4. The Balaban J connectivity index is 2.19. The van der Waals surface area contributed by atoms with E-state index in [2.05, 4.69) is 58.4 Å². The van der Waals surface area contributed by atoms with Gasteiger partial charge in [0.15, 0.2) is 0 Å². The lowest BCUT2D eigenvalue weighted by molar-refractivity contribution is -0.114. The molecule has 2 rings (SSSR count). The molecule has 2 aromatic rings. The van der Waals surface area contributed by atoms with Gasteiger partial charge in [-0.25, -0.2) is 0 Å². The number of halogens is 3. The van der Waals surface area contributed by atoms with Gasteiger partial charge < -0.3 is 10.6 Å². The van der Waals surface area contributed by atoms with E-state index < -0.39 is 0 Å². The molecule has 0 unspecified atom stereocenters. The van der Waals surface area contributed by atoms with Crippen molar-refractivity contribution in [3.05, 3.63) is 55.4 Å². The van der Waals surface area contributed by atoms with Crippen molar-refractivity contribution < 1.29 is 4.79 Å². The Morgan fingerprint density at radius 1 is 1.10 bits per heavy atom. The van der Waals surface area contributed by atoms with Crippen molar-refractivity contribution in [2.24, 2.45) is 0 Å². The summed E-state index contributed by atoms with van der Waals surface area (Å²) in [6, 6.07) is 11.7. The standard InChI is InChI=1S/C15H13Br3N2O/c1-9(21)20-14-5-3-2-4-10(14)8-19-15-12(17)6-11(16)7-13(15)18/h2-7,19H,8H2,1H3,(H,20,21). The molecule has 0 heterocycles. The first-order valence-electron chi connectivity index (χ1n) is 6.21. The van der Waals surface area contributed by atoms with Gasteiger partial charge in [-0.05, 0) is 55.6 Å². The van der Waals surface area contributed by atoms with Crippen molar-refractivity contribution in [3.63, 3.8) is 0 Å². The van der Waals surface area contributed by atoms with E-state index in [0.717, 1.165) is 30.4 Å². The number of benzene rings is 2. The van der Waals surface area contributed by atoms with Crippen molar-refractivity contribution in [2.45, 2.75) is 13.5 Å². The van der Waals surface area contributed by atoms with Crippen LogP contribution in [0.4, 0.5) is 11.4 Å². The Bertz CT molecular complexity index is 651. The topological polar surface area (TPSA) is 41.1 Å². The first-order valence-corrected chi connectivity index (χ1v) is 8.59. The van der Waals surface area contributed by atoms with Crippen molar-refractivity contribution in [1.29, 1.82) is 0 Å². The number of hydrogen-bond donors (Lipinski definition) is 2. The molecule has 6 heteroatoms. The molecular weight excluding hydrogens is 464 g/mol. The normalized spacial score (nSPS) is 10.3. The van der Waals surface area contributed by atoms with Crippen molar-refractivity contribution in [1.82, 2.24) is 0 Å². The Morgan fingerprint density at radius 3 is 2.33 bits per heavy atom. The third-order valence-electron chi connectivity index (χ3n) is 2.79. The van der Waals surface area contributed by atoms with Crippen LogP contribution in [0.5, 0.6) is 0 Å². The number of anilines is 2. The van der Waals surface area contributed by atoms with Crippen LogP contribution in [0, 0.1) is 0 Å². The molecule has 0 saturated heterocycles. The van der Waals surface area contributed by atoms with E-state index in [-0.39, 0.29) is 5.91 Å². The third kappa shape index (κ3) is 4.56. The lowest BCUT2D eigenvalue weighted by atomic mass is 10.1. The van der Waals surface area contributed by atoms with Crippen molar-refractivity contribution in [3.8, 4) is 0 Å². The van der Waals surface area contributed by atoms with E-state index in [1.807, 2.05) is 36.4 Å². The van der Waals surface area contributed by atoms with E-state index in [1.165, 1.54) is 6.92 Å². The fourth-order valence-corrected chi connectivity index (χ4v) is 4.42. The number of para-hydroxylation sites is 1. The minimum absolute atomic E-state index is 0.0755. The fourth-order valence-electron chi connectivity index (χ4n) is 1.88. The molecule has 2 N–H and O–H groups in total. The molecule has 0 radical (unpaired) electrons. The highest BCUT2D eigenvalue weighted by Gasteiger charge is 2.08. The predicted molar refractivity (Wildman–Crippen MR) is 97.6 cm³/mol. The fraction of sp³-hybridized carbons (Fsp3) is 0.133. The van der Waals surface area contributed by atoms with Crippen LogP contribution < -0.4 is 10.6 Å². The summed E-state index contributed by atoms with van der Waals surface area (Å²) in [4.78, 5) is 11.2. The quantitative estimate of drug-likeness (QED) is 0.608. The molecule has 3 nitrogen and oxygen atoms in total. The van der Waals surface area contributed by atoms with E-state index in [4.69, 9.17) is 0 Å². The summed E-state index contributed by atoms with van der Waals surface area (Å²) in [6.45, 7) is 2.11. The first kappa shape index (κ1) is 16.5. The summed E-state index contributed by atoms with van der Waals surface area (Å²) >= 11 is 10.5. The lowest BCUT2D eigenvalue weighted by Gasteiger charge is -2.14. The predicted octanol–water partition coefficient (Wildman–Crippen LogP) is 5.54. The van der Waals surface area contributed by atoms with Gasteiger partial charge in [-0.1, -0.05) is 34.1 Å². The van der Waals surface area contributed by atoms with Crippen LogP contribution >= 0.6 is 47.8 Å². The van der Waals surface area contributed by atoms with Gasteiger partial charge in [-0.3, -0.25) is 4.79 Å². The Labute approximate surface area is 148 Å². The molecule has 110 valence electrons. The molecule has 0 aliphatic rings. The minimum atomic E-state index is -0.0755. The van der Waals surface area contributed by atoms with E-state index in [0.29, 0.717) is 6.54 Å². The summed E-state index contributed by atoms with van der Waals surface area (Å²) < 4.78 is 2.91. The number of hydrogen-bond acceptors (Lipinski definition) is 2. The number of amides is 1. The van der Waals surface area contributed by atoms with Crippen LogP contribution in [0.25, 0.3) is 0 Å². The average molecular weight is 477 g/mol. The van der Waals surface area contributed by atoms with Crippen LogP contribution in [0.3, 0.4) is 0 Å². The summed E-state index contributed by atoms with van der Waals surface area (Å²) in [6.07, 6.45) is 0. The molecule has 0 spiro atoms. The van der Waals surface area contributed by atoms with E-state index in [1.54, 1.807) is 0 Å². The maximum Gasteiger partial charge on any atom is 0.221 e. The van der Waals surface area contributed by atoms with E-state index in [9.17, 15) is 4.79 Å². The second kappa shape index (κ2) is 7.42. The molecule has 0 aliphatic heterocycles. The molecule has 0 bridgehead atoms. The maximum absolute atomic E-state index is 11.2. The number of carbonyl (C=O) groups is 1. The Kier molecular flexibility index (Phi) is 5.84. The molecular formula is C15H13Br3N2O. The molecule has 0 saturated carbocycles. The van der Waals surface area contributed by atoms with Gasteiger partial charge in [0.1, 0.15) is 0 Å². The Hall–Kier alpha value is -0.850. The second-order valence-corrected chi connectivity index (χ2v) is 7.06. The number of nitrogens with one attached hydrogen (secondary N) is 2. The maximum atomic E-state index is 11.2. The van der Waals surface area contributed by atoms with Gasteiger partial charge in [-0.2, -0.15) is 0 Å². The van der Waals surface area contributed by atoms with Gasteiger partial charge in [0.25, 0.3) is 0 Å². The van der Waals surface area contributed by atoms with Crippen LogP contribution in [0.1, 0.15) is 12.5 Å². The summed E-state index contributed by atoms with van der Waals surface area (Å²) in [5.41, 5.74) is 2.81.